The van der Waals surface area contributed by atoms with Gasteiger partial charge in [0.15, 0.2) is 0 Å². The number of rotatable bonds is 6. The van der Waals surface area contributed by atoms with E-state index in [0.29, 0.717) is 0 Å². The molecule has 5 nitrogen and oxygen atoms in total. The smallest absolute Gasteiger partial charge is 0.127 e. The Kier molecular flexibility index (Phi) is 5.18. The van der Waals surface area contributed by atoms with Crippen LogP contribution in [0.2, 0.25) is 0 Å². The number of nitrogens with zero attached hydrogens (tertiary/aromatic N) is 3. The monoisotopic (exact) mass is 280 g/mol. The molecule has 1 atom stereocenters. The van der Waals surface area contributed by atoms with Gasteiger partial charge in [0.25, 0.3) is 0 Å². The molecule has 1 saturated heterocycles. The maximum absolute atomic E-state index is 5.48. The second kappa shape index (κ2) is 6.70. The number of aromatic nitrogens is 2. The van der Waals surface area contributed by atoms with Crippen LogP contribution in [0.1, 0.15) is 39.1 Å². The standard InChI is InChI=1S/C15H28N4O/c1-5-7-18-8-6-17-14(18)13(16-4)15(2,3)19-9-11-20-12-10-19/h6,8,13,16H,5,7,9-12H2,1-4H3. The van der Waals surface area contributed by atoms with Gasteiger partial charge in [0, 0.05) is 37.6 Å². The second-order valence-electron chi connectivity index (χ2n) is 5.95. The Balaban J connectivity index is 2.22. The number of imidazole rings is 1. The third-order valence-corrected chi connectivity index (χ3v) is 4.29. The highest BCUT2D eigenvalue weighted by molar-refractivity contribution is 5.08. The minimum atomic E-state index is 0.00930. The fourth-order valence-corrected chi connectivity index (χ4v) is 3.13. The van der Waals surface area contributed by atoms with Crippen molar-refractivity contribution in [2.24, 2.45) is 0 Å². The summed E-state index contributed by atoms with van der Waals surface area (Å²) in [6.07, 6.45) is 5.11. The predicted octanol–water partition coefficient (Wildman–Crippen LogP) is 1.66. The topological polar surface area (TPSA) is 42.3 Å². The van der Waals surface area contributed by atoms with E-state index < -0.39 is 0 Å². The molecule has 114 valence electrons. The van der Waals surface area contributed by atoms with Gasteiger partial charge in [-0.1, -0.05) is 6.92 Å². The zero-order valence-electron chi connectivity index (χ0n) is 13.2. The summed E-state index contributed by atoms with van der Waals surface area (Å²) in [6, 6.07) is 0.210. The van der Waals surface area contributed by atoms with E-state index >= 15 is 0 Å². The zero-order valence-corrected chi connectivity index (χ0v) is 13.2. The van der Waals surface area contributed by atoms with Gasteiger partial charge >= 0.3 is 0 Å². The normalized spacial score (nSPS) is 19.2. The number of ether oxygens (including phenoxy) is 1. The summed E-state index contributed by atoms with van der Waals surface area (Å²) in [7, 11) is 2.03. The summed E-state index contributed by atoms with van der Waals surface area (Å²) < 4.78 is 7.75. The van der Waals surface area contributed by atoms with Crippen LogP contribution in [0, 0.1) is 0 Å². The van der Waals surface area contributed by atoms with Crippen molar-refractivity contribution in [1.82, 2.24) is 19.8 Å². The fourth-order valence-electron chi connectivity index (χ4n) is 3.13. The number of aryl methyl sites for hydroxylation is 1. The number of likely N-dealkylation sites (N-methyl/N-ethyl adjacent to an activating group) is 1. The molecule has 1 aliphatic heterocycles. The molecule has 1 N–H and O–H groups in total. The summed E-state index contributed by atoms with van der Waals surface area (Å²) in [5.41, 5.74) is 0.00930. The zero-order chi connectivity index (χ0) is 14.6. The first kappa shape index (κ1) is 15.5. The van der Waals surface area contributed by atoms with Gasteiger partial charge < -0.3 is 14.6 Å². The first-order valence-corrected chi connectivity index (χ1v) is 7.62. The summed E-state index contributed by atoms with van der Waals surface area (Å²) in [5.74, 6) is 1.13. The second-order valence-corrected chi connectivity index (χ2v) is 5.95. The molecule has 1 aliphatic rings. The Morgan fingerprint density at radius 1 is 1.40 bits per heavy atom. The third-order valence-electron chi connectivity index (χ3n) is 4.29. The van der Waals surface area contributed by atoms with Crippen LogP contribution in [0.4, 0.5) is 0 Å². The Bertz CT molecular complexity index is 410. The van der Waals surface area contributed by atoms with Crippen molar-refractivity contribution >= 4 is 0 Å². The summed E-state index contributed by atoms with van der Waals surface area (Å²) in [5, 5.41) is 3.48. The minimum Gasteiger partial charge on any atom is -0.379 e. The molecule has 0 aliphatic carbocycles. The molecule has 0 bridgehead atoms. The van der Waals surface area contributed by atoms with Crippen LogP contribution in [-0.2, 0) is 11.3 Å². The molecule has 1 aromatic rings. The van der Waals surface area contributed by atoms with Crippen molar-refractivity contribution in [3.05, 3.63) is 18.2 Å². The van der Waals surface area contributed by atoms with Crippen LogP contribution in [0.3, 0.4) is 0 Å². The van der Waals surface area contributed by atoms with E-state index in [1.165, 1.54) is 0 Å². The van der Waals surface area contributed by atoms with Gasteiger partial charge in [-0.25, -0.2) is 4.98 Å². The number of hydrogen-bond acceptors (Lipinski definition) is 4. The van der Waals surface area contributed by atoms with Gasteiger partial charge in [-0.3, -0.25) is 4.90 Å². The Morgan fingerprint density at radius 3 is 2.70 bits per heavy atom. The molecule has 2 rings (SSSR count). The largest absolute Gasteiger partial charge is 0.379 e. The molecule has 0 aromatic carbocycles. The lowest BCUT2D eigenvalue weighted by Crippen LogP contribution is -2.56. The minimum absolute atomic E-state index is 0.00930. The molecule has 1 fully saturated rings. The lowest BCUT2D eigenvalue weighted by atomic mass is 9.91. The van der Waals surface area contributed by atoms with Crippen molar-refractivity contribution in [1.29, 1.82) is 0 Å². The third kappa shape index (κ3) is 3.05. The Labute approximate surface area is 122 Å². The van der Waals surface area contributed by atoms with Gasteiger partial charge in [0.2, 0.25) is 0 Å². The Hall–Kier alpha value is -0.910. The molecule has 20 heavy (non-hydrogen) atoms. The van der Waals surface area contributed by atoms with Crippen molar-refractivity contribution < 1.29 is 4.74 Å². The lowest BCUT2D eigenvalue weighted by molar-refractivity contribution is -0.0244. The van der Waals surface area contributed by atoms with E-state index in [2.05, 4.69) is 46.7 Å². The van der Waals surface area contributed by atoms with Crippen LogP contribution in [0.25, 0.3) is 0 Å². The van der Waals surface area contributed by atoms with E-state index in [4.69, 9.17) is 4.74 Å². The molecular formula is C15H28N4O. The van der Waals surface area contributed by atoms with E-state index in [1.54, 1.807) is 0 Å². The van der Waals surface area contributed by atoms with Crippen LogP contribution in [-0.4, -0.2) is 53.3 Å². The van der Waals surface area contributed by atoms with E-state index in [9.17, 15) is 0 Å². The number of nitrogens with one attached hydrogen (secondary N) is 1. The summed E-state index contributed by atoms with van der Waals surface area (Å²) in [6.45, 7) is 11.4. The van der Waals surface area contributed by atoms with Crippen molar-refractivity contribution in [3.8, 4) is 0 Å². The Morgan fingerprint density at radius 2 is 2.10 bits per heavy atom. The van der Waals surface area contributed by atoms with Gasteiger partial charge in [0.1, 0.15) is 5.82 Å². The maximum Gasteiger partial charge on any atom is 0.127 e. The van der Waals surface area contributed by atoms with Crippen molar-refractivity contribution in [3.63, 3.8) is 0 Å². The molecule has 5 heteroatoms. The van der Waals surface area contributed by atoms with E-state index in [0.717, 1.165) is 45.1 Å². The van der Waals surface area contributed by atoms with E-state index in [1.807, 2.05) is 13.2 Å². The average Bonchev–Trinajstić information content (AvgIpc) is 2.89. The van der Waals surface area contributed by atoms with E-state index in [-0.39, 0.29) is 11.6 Å². The highest BCUT2D eigenvalue weighted by Crippen LogP contribution is 2.30. The number of hydrogen-bond donors (Lipinski definition) is 1. The SMILES string of the molecule is CCCn1ccnc1C(NC)C(C)(C)N1CCOCC1. The molecule has 0 amide bonds. The maximum atomic E-state index is 5.48. The molecular weight excluding hydrogens is 252 g/mol. The van der Waals surface area contributed by atoms with Crippen LogP contribution >= 0.6 is 0 Å². The quantitative estimate of drug-likeness (QED) is 0.860. The fraction of sp³-hybridized carbons (Fsp3) is 0.800. The highest BCUT2D eigenvalue weighted by atomic mass is 16.5. The molecule has 0 saturated carbocycles. The van der Waals surface area contributed by atoms with Gasteiger partial charge in [-0.15, -0.1) is 0 Å². The molecule has 0 spiro atoms. The first-order chi connectivity index (χ1) is 9.61. The van der Waals surface area contributed by atoms with Gasteiger partial charge in [0.05, 0.1) is 19.3 Å². The first-order valence-electron chi connectivity index (χ1n) is 7.62. The molecule has 0 radical (unpaired) electrons. The highest BCUT2D eigenvalue weighted by Gasteiger charge is 2.38. The van der Waals surface area contributed by atoms with Crippen LogP contribution in [0.15, 0.2) is 12.4 Å². The average molecular weight is 280 g/mol. The predicted molar refractivity (Wildman–Crippen MR) is 80.8 cm³/mol. The molecule has 1 aromatic heterocycles. The van der Waals surface area contributed by atoms with Crippen LogP contribution in [0.5, 0.6) is 0 Å². The van der Waals surface area contributed by atoms with Crippen molar-refractivity contribution in [2.75, 3.05) is 33.4 Å². The molecule has 1 unspecified atom stereocenters. The summed E-state index contributed by atoms with van der Waals surface area (Å²) >= 11 is 0. The van der Waals surface area contributed by atoms with Crippen LogP contribution < -0.4 is 5.32 Å². The van der Waals surface area contributed by atoms with Crippen molar-refractivity contribution in [2.45, 2.75) is 45.3 Å². The number of morpholine rings is 1. The van der Waals surface area contributed by atoms with Gasteiger partial charge in [-0.2, -0.15) is 0 Å². The van der Waals surface area contributed by atoms with Gasteiger partial charge in [-0.05, 0) is 27.3 Å². The summed E-state index contributed by atoms with van der Waals surface area (Å²) in [4.78, 5) is 7.11. The molecule has 2 heterocycles. The lowest BCUT2D eigenvalue weighted by Gasteiger charge is -2.45.